The van der Waals surface area contributed by atoms with Crippen LogP contribution in [0.25, 0.3) is 0 Å². The fourth-order valence-corrected chi connectivity index (χ4v) is 4.61. The SMILES string of the molecule is CCCC(C)COc1ccc([C@H](CNC(=O)[C@H](N)Cc2cscn2)NC(=O)[C@@H](C)c2ccccc2)cc1. The van der Waals surface area contributed by atoms with Gasteiger partial charge in [-0.2, -0.15) is 0 Å². The molecule has 3 rings (SSSR count). The average Bonchev–Trinajstić information content (AvgIpc) is 3.43. The molecule has 2 aromatic carbocycles. The summed E-state index contributed by atoms with van der Waals surface area (Å²) in [6.45, 7) is 7.10. The molecule has 198 valence electrons. The number of aromatic nitrogens is 1. The lowest BCUT2D eigenvalue weighted by molar-refractivity contribution is -0.124. The maximum Gasteiger partial charge on any atom is 0.237 e. The molecule has 0 saturated heterocycles. The average molecular weight is 523 g/mol. The summed E-state index contributed by atoms with van der Waals surface area (Å²) in [6, 6.07) is 16.2. The third-order valence-electron chi connectivity index (χ3n) is 6.34. The molecule has 0 bridgehead atoms. The number of nitrogens with zero attached hydrogens (tertiary/aromatic N) is 1. The summed E-state index contributed by atoms with van der Waals surface area (Å²) < 4.78 is 5.93. The lowest BCUT2D eigenvalue weighted by atomic mass is 9.99. The zero-order valence-electron chi connectivity index (χ0n) is 21.9. The second kappa shape index (κ2) is 14.5. The molecule has 2 amide bonds. The molecule has 0 aliphatic carbocycles. The smallest absolute Gasteiger partial charge is 0.237 e. The predicted octanol–water partition coefficient (Wildman–Crippen LogP) is 4.61. The van der Waals surface area contributed by atoms with Crippen molar-refractivity contribution in [2.24, 2.45) is 11.7 Å². The molecule has 1 unspecified atom stereocenters. The molecule has 37 heavy (non-hydrogen) atoms. The fraction of sp³-hybridized carbons (Fsp3) is 0.414. The van der Waals surface area contributed by atoms with Crippen LogP contribution < -0.4 is 21.1 Å². The van der Waals surface area contributed by atoms with Gasteiger partial charge in [-0.15, -0.1) is 11.3 Å². The second-order valence-corrected chi connectivity index (χ2v) is 10.2. The summed E-state index contributed by atoms with van der Waals surface area (Å²) in [5, 5.41) is 7.91. The first-order valence-corrected chi connectivity index (χ1v) is 13.8. The van der Waals surface area contributed by atoms with Crippen molar-refractivity contribution in [1.29, 1.82) is 0 Å². The van der Waals surface area contributed by atoms with Crippen LogP contribution >= 0.6 is 11.3 Å². The summed E-state index contributed by atoms with van der Waals surface area (Å²) in [4.78, 5) is 30.1. The van der Waals surface area contributed by atoms with Crippen LogP contribution in [0.1, 0.15) is 62.4 Å². The van der Waals surface area contributed by atoms with Gasteiger partial charge in [-0.1, -0.05) is 62.7 Å². The Bertz CT molecular complexity index is 1090. The summed E-state index contributed by atoms with van der Waals surface area (Å²) in [5.74, 6) is 0.525. The molecule has 7 nitrogen and oxygen atoms in total. The largest absolute Gasteiger partial charge is 0.493 e. The van der Waals surface area contributed by atoms with Crippen molar-refractivity contribution in [1.82, 2.24) is 15.6 Å². The first kappa shape index (κ1) is 28.3. The van der Waals surface area contributed by atoms with E-state index in [1.807, 2.05) is 66.9 Å². The molecule has 4 atom stereocenters. The lowest BCUT2D eigenvalue weighted by Crippen LogP contribution is -2.46. The van der Waals surface area contributed by atoms with E-state index in [9.17, 15) is 9.59 Å². The van der Waals surface area contributed by atoms with Gasteiger partial charge in [-0.05, 0) is 42.5 Å². The second-order valence-electron chi connectivity index (χ2n) is 9.50. The minimum absolute atomic E-state index is 0.120. The van der Waals surface area contributed by atoms with Crippen molar-refractivity contribution >= 4 is 23.2 Å². The number of nitrogens with one attached hydrogen (secondary N) is 2. The van der Waals surface area contributed by atoms with Gasteiger partial charge in [0.15, 0.2) is 0 Å². The Kier molecular flexibility index (Phi) is 11.1. The molecule has 0 aliphatic heterocycles. The molecular formula is C29H38N4O3S. The van der Waals surface area contributed by atoms with Crippen LogP contribution in [-0.4, -0.2) is 36.0 Å². The standard InChI is InChI=1S/C29H38N4O3S/c1-4-8-20(2)17-36-25-13-11-23(12-14-25)27(33-28(34)21(3)22-9-6-5-7-10-22)16-31-29(35)26(30)15-24-18-37-19-32-24/h5-7,9-14,18-21,26-27H,4,8,15-17,30H2,1-3H3,(H,31,35)(H,33,34)/t20?,21-,26+,27-/m0/s1. The molecule has 0 spiro atoms. The zero-order chi connectivity index (χ0) is 26.6. The Morgan fingerprint density at radius 2 is 1.76 bits per heavy atom. The number of amides is 2. The highest BCUT2D eigenvalue weighted by Crippen LogP contribution is 2.21. The number of nitrogens with two attached hydrogens (primary N) is 1. The molecule has 0 radical (unpaired) electrons. The number of carbonyl (C=O) groups is 2. The topological polar surface area (TPSA) is 106 Å². The third-order valence-corrected chi connectivity index (χ3v) is 6.97. The Balaban J connectivity index is 1.68. The molecule has 0 aliphatic rings. The summed E-state index contributed by atoms with van der Waals surface area (Å²) in [7, 11) is 0. The first-order valence-electron chi connectivity index (χ1n) is 12.9. The number of hydrogen-bond acceptors (Lipinski definition) is 6. The van der Waals surface area contributed by atoms with Crippen LogP contribution in [0.2, 0.25) is 0 Å². The molecule has 8 heteroatoms. The van der Waals surface area contributed by atoms with Gasteiger partial charge < -0.3 is 21.1 Å². The Morgan fingerprint density at radius 3 is 2.41 bits per heavy atom. The van der Waals surface area contributed by atoms with E-state index >= 15 is 0 Å². The van der Waals surface area contributed by atoms with Crippen LogP contribution in [0.5, 0.6) is 5.75 Å². The molecule has 4 N–H and O–H groups in total. The van der Waals surface area contributed by atoms with Crippen LogP contribution in [0.3, 0.4) is 0 Å². The van der Waals surface area contributed by atoms with E-state index in [4.69, 9.17) is 10.5 Å². The quantitative estimate of drug-likeness (QED) is 0.287. The highest BCUT2D eigenvalue weighted by atomic mass is 32.1. The minimum atomic E-state index is -0.720. The third kappa shape index (κ3) is 8.98. The van der Waals surface area contributed by atoms with E-state index in [1.165, 1.54) is 11.3 Å². The zero-order valence-corrected chi connectivity index (χ0v) is 22.7. The summed E-state index contributed by atoms with van der Waals surface area (Å²) >= 11 is 1.47. The van der Waals surface area contributed by atoms with E-state index in [0.717, 1.165) is 35.4 Å². The van der Waals surface area contributed by atoms with Crippen LogP contribution in [0.15, 0.2) is 65.5 Å². The summed E-state index contributed by atoms with van der Waals surface area (Å²) in [6.07, 6.45) is 2.61. The van der Waals surface area contributed by atoms with Crippen molar-refractivity contribution < 1.29 is 14.3 Å². The normalized spacial score (nSPS) is 14.3. The van der Waals surface area contributed by atoms with Gasteiger partial charge in [0.05, 0.1) is 35.8 Å². The molecule has 0 fully saturated rings. The predicted molar refractivity (Wildman–Crippen MR) is 149 cm³/mol. The minimum Gasteiger partial charge on any atom is -0.493 e. The Labute approximate surface area is 223 Å². The Morgan fingerprint density at radius 1 is 1.03 bits per heavy atom. The highest BCUT2D eigenvalue weighted by molar-refractivity contribution is 7.07. The first-order chi connectivity index (χ1) is 17.9. The fourth-order valence-electron chi connectivity index (χ4n) is 4.04. The molecule has 3 aromatic rings. The van der Waals surface area contributed by atoms with Crippen molar-refractivity contribution in [2.75, 3.05) is 13.2 Å². The van der Waals surface area contributed by atoms with Crippen molar-refractivity contribution in [3.8, 4) is 5.75 Å². The molecular weight excluding hydrogens is 484 g/mol. The van der Waals surface area contributed by atoms with E-state index in [1.54, 1.807) is 5.51 Å². The maximum absolute atomic E-state index is 13.1. The summed E-state index contributed by atoms with van der Waals surface area (Å²) in [5.41, 5.74) is 10.4. The number of hydrogen-bond donors (Lipinski definition) is 3. The highest BCUT2D eigenvalue weighted by Gasteiger charge is 2.22. The Hall–Kier alpha value is -3.23. The number of ether oxygens (including phenoxy) is 1. The number of carbonyl (C=O) groups excluding carboxylic acids is 2. The van der Waals surface area contributed by atoms with Crippen LogP contribution in [0, 0.1) is 5.92 Å². The van der Waals surface area contributed by atoms with Crippen LogP contribution in [0.4, 0.5) is 0 Å². The van der Waals surface area contributed by atoms with E-state index in [-0.39, 0.29) is 24.3 Å². The molecule has 1 aromatic heterocycles. The van der Waals surface area contributed by atoms with Crippen molar-refractivity contribution in [3.05, 3.63) is 82.3 Å². The van der Waals surface area contributed by atoms with Gasteiger partial charge in [-0.3, -0.25) is 9.59 Å². The van der Waals surface area contributed by atoms with Crippen LogP contribution in [-0.2, 0) is 16.0 Å². The van der Waals surface area contributed by atoms with Gasteiger partial charge in [0.1, 0.15) is 5.75 Å². The monoisotopic (exact) mass is 522 g/mol. The van der Waals surface area contributed by atoms with Gasteiger partial charge in [0, 0.05) is 18.3 Å². The van der Waals surface area contributed by atoms with Gasteiger partial charge >= 0.3 is 0 Å². The lowest BCUT2D eigenvalue weighted by Gasteiger charge is -2.23. The van der Waals surface area contributed by atoms with E-state index in [0.29, 0.717) is 18.9 Å². The number of thiazole rings is 1. The molecule has 0 saturated carbocycles. The number of benzene rings is 2. The van der Waals surface area contributed by atoms with E-state index < -0.39 is 12.1 Å². The molecule has 1 heterocycles. The van der Waals surface area contributed by atoms with Gasteiger partial charge in [0.25, 0.3) is 0 Å². The van der Waals surface area contributed by atoms with Gasteiger partial charge in [0.2, 0.25) is 11.8 Å². The van der Waals surface area contributed by atoms with Crippen molar-refractivity contribution in [3.63, 3.8) is 0 Å². The van der Waals surface area contributed by atoms with E-state index in [2.05, 4.69) is 29.5 Å². The number of rotatable bonds is 14. The van der Waals surface area contributed by atoms with Crippen molar-refractivity contribution in [2.45, 2.75) is 58.0 Å². The maximum atomic E-state index is 13.1. The van der Waals surface area contributed by atoms with Gasteiger partial charge in [-0.25, -0.2) is 4.98 Å².